The molecule has 0 fully saturated rings. The molecule has 1 heterocycles. The average Bonchev–Trinajstić information content (AvgIpc) is 2.61. The van der Waals surface area contributed by atoms with E-state index in [1.807, 2.05) is 22.8 Å². The molecule has 1 aromatic heterocycles. The number of aromatic nitrogens is 2. The van der Waals surface area contributed by atoms with Gasteiger partial charge in [-0.25, -0.2) is 4.98 Å². The molecule has 0 aliphatic heterocycles. The SMILES string of the molecule is COCCCCn1c(N)nc2ccc(Cl)cc21. The van der Waals surface area contributed by atoms with Crippen LogP contribution in [0.4, 0.5) is 5.95 Å². The fourth-order valence-corrected chi connectivity index (χ4v) is 2.03. The van der Waals surface area contributed by atoms with Crippen LogP contribution in [-0.2, 0) is 11.3 Å². The molecular weight excluding hydrogens is 238 g/mol. The van der Waals surface area contributed by atoms with Gasteiger partial charge in [0.05, 0.1) is 11.0 Å². The molecule has 0 aliphatic carbocycles. The number of benzene rings is 1. The van der Waals surface area contributed by atoms with E-state index in [0.29, 0.717) is 11.0 Å². The van der Waals surface area contributed by atoms with Crippen molar-refractivity contribution >= 4 is 28.6 Å². The minimum Gasteiger partial charge on any atom is -0.385 e. The highest BCUT2D eigenvalue weighted by Crippen LogP contribution is 2.22. The number of halogens is 1. The third kappa shape index (κ3) is 2.70. The van der Waals surface area contributed by atoms with Crippen LogP contribution in [-0.4, -0.2) is 23.3 Å². The number of anilines is 1. The van der Waals surface area contributed by atoms with Crippen molar-refractivity contribution in [2.24, 2.45) is 0 Å². The maximum atomic E-state index is 5.98. The fourth-order valence-electron chi connectivity index (χ4n) is 1.87. The summed E-state index contributed by atoms with van der Waals surface area (Å²) in [4.78, 5) is 4.30. The zero-order valence-corrected chi connectivity index (χ0v) is 10.6. The lowest BCUT2D eigenvalue weighted by Gasteiger charge is -2.06. The molecule has 0 radical (unpaired) electrons. The lowest BCUT2D eigenvalue weighted by atomic mass is 10.3. The first-order valence-electron chi connectivity index (χ1n) is 5.62. The van der Waals surface area contributed by atoms with E-state index in [4.69, 9.17) is 22.1 Å². The molecule has 5 heteroatoms. The van der Waals surface area contributed by atoms with Crippen molar-refractivity contribution in [2.75, 3.05) is 19.5 Å². The summed E-state index contributed by atoms with van der Waals surface area (Å²) in [5, 5.41) is 0.704. The quantitative estimate of drug-likeness (QED) is 0.834. The van der Waals surface area contributed by atoms with Crippen LogP contribution in [0, 0.1) is 0 Å². The van der Waals surface area contributed by atoms with Crippen LogP contribution in [0.25, 0.3) is 11.0 Å². The van der Waals surface area contributed by atoms with Crippen molar-refractivity contribution in [2.45, 2.75) is 19.4 Å². The lowest BCUT2D eigenvalue weighted by Crippen LogP contribution is -2.04. The first-order valence-corrected chi connectivity index (χ1v) is 6.00. The van der Waals surface area contributed by atoms with Gasteiger partial charge in [-0.15, -0.1) is 0 Å². The minimum atomic E-state index is 0.541. The topological polar surface area (TPSA) is 53.1 Å². The molecule has 4 nitrogen and oxygen atoms in total. The largest absolute Gasteiger partial charge is 0.385 e. The molecule has 0 aliphatic rings. The van der Waals surface area contributed by atoms with E-state index in [0.717, 1.165) is 37.0 Å². The second-order valence-electron chi connectivity index (χ2n) is 3.95. The van der Waals surface area contributed by atoms with Gasteiger partial charge in [0.2, 0.25) is 5.95 Å². The van der Waals surface area contributed by atoms with Crippen molar-refractivity contribution in [1.29, 1.82) is 0 Å². The highest BCUT2D eigenvalue weighted by atomic mass is 35.5. The molecule has 0 saturated carbocycles. The third-order valence-electron chi connectivity index (χ3n) is 2.72. The minimum absolute atomic E-state index is 0.541. The summed E-state index contributed by atoms with van der Waals surface area (Å²) in [6.07, 6.45) is 2.02. The molecule has 0 spiro atoms. The molecule has 2 rings (SSSR count). The fraction of sp³-hybridized carbons (Fsp3) is 0.417. The molecule has 0 saturated heterocycles. The van der Waals surface area contributed by atoms with Gasteiger partial charge in [-0.1, -0.05) is 11.6 Å². The molecule has 0 bridgehead atoms. The average molecular weight is 254 g/mol. The van der Waals surface area contributed by atoms with E-state index in [-0.39, 0.29) is 0 Å². The molecule has 0 atom stereocenters. The van der Waals surface area contributed by atoms with Crippen LogP contribution >= 0.6 is 11.6 Å². The highest BCUT2D eigenvalue weighted by molar-refractivity contribution is 6.31. The first-order chi connectivity index (χ1) is 8.22. The van der Waals surface area contributed by atoms with E-state index in [2.05, 4.69) is 4.98 Å². The monoisotopic (exact) mass is 253 g/mol. The first kappa shape index (κ1) is 12.2. The summed E-state index contributed by atoms with van der Waals surface area (Å²) >= 11 is 5.98. The smallest absolute Gasteiger partial charge is 0.201 e. The zero-order chi connectivity index (χ0) is 12.3. The van der Waals surface area contributed by atoms with E-state index >= 15 is 0 Å². The van der Waals surface area contributed by atoms with Crippen molar-refractivity contribution in [1.82, 2.24) is 9.55 Å². The van der Waals surface area contributed by atoms with Crippen molar-refractivity contribution in [3.8, 4) is 0 Å². The second kappa shape index (κ2) is 5.38. The summed E-state index contributed by atoms with van der Waals surface area (Å²) in [6, 6.07) is 5.61. The maximum Gasteiger partial charge on any atom is 0.201 e. The molecule has 0 unspecified atom stereocenters. The van der Waals surface area contributed by atoms with Gasteiger partial charge in [0, 0.05) is 25.3 Å². The summed E-state index contributed by atoms with van der Waals surface area (Å²) in [6.45, 7) is 1.61. The van der Waals surface area contributed by atoms with Gasteiger partial charge in [-0.2, -0.15) is 0 Å². The van der Waals surface area contributed by atoms with Crippen molar-refractivity contribution in [3.63, 3.8) is 0 Å². The predicted molar refractivity (Wildman–Crippen MR) is 70.3 cm³/mol. The number of rotatable bonds is 5. The van der Waals surface area contributed by atoms with Gasteiger partial charge < -0.3 is 15.0 Å². The van der Waals surface area contributed by atoms with Gasteiger partial charge >= 0.3 is 0 Å². The zero-order valence-electron chi connectivity index (χ0n) is 9.82. The van der Waals surface area contributed by atoms with Crippen LogP contribution in [0.15, 0.2) is 18.2 Å². The molecular formula is C12H16ClN3O. The molecule has 1 aromatic carbocycles. The number of hydrogen-bond acceptors (Lipinski definition) is 3. The number of methoxy groups -OCH3 is 1. The number of nitrogen functional groups attached to an aromatic ring is 1. The Kier molecular flexibility index (Phi) is 3.86. The van der Waals surface area contributed by atoms with Crippen LogP contribution in [0.3, 0.4) is 0 Å². The van der Waals surface area contributed by atoms with Gasteiger partial charge in [0.25, 0.3) is 0 Å². The van der Waals surface area contributed by atoms with E-state index < -0.39 is 0 Å². The molecule has 0 amide bonds. The third-order valence-corrected chi connectivity index (χ3v) is 2.96. The van der Waals surface area contributed by atoms with Crippen molar-refractivity contribution in [3.05, 3.63) is 23.2 Å². The van der Waals surface area contributed by atoms with Gasteiger partial charge in [0.15, 0.2) is 0 Å². The van der Waals surface area contributed by atoms with Gasteiger partial charge in [-0.05, 0) is 31.0 Å². The van der Waals surface area contributed by atoms with E-state index in [1.165, 1.54) is 0 Å². The van der Waals surface area contributed by atoms with Crippen LogP contribution in [0.2, 0.25) is 5.02 Å². The van der Waals surface area contributed by atoms with E-state index in [1.54, 1.807) is 7.11 Å². The highest BCUT2D eigenvalue weighted by Gasteiger charge is 2.07. The number of unbranched alkanes of at least 4 members (excludes halogenated alkanes) is 1. The Labute approximate surface area is 105 Å². The Balaban J connectivity index is 2.20. The number of fused-ring (bicyclic) bond motifs is 1. The van der Waals surface area contributed by atoms with Gasteiger partial charge in [0.1, 0.15) is 0 Å². The Bertz CT molecular complexity index is 510. The molecule has 2 aromatic rings. The number of nitrogens with two attached hydrogens (primary N) is 1. The summed E-state index contributed by atoms with van der Waals surface area (Å²) in [7, 11) is 1.71. The normalized spacial score (nSPS) is 11.2. The summed E-state index contributed by atoms with van der Waals surface area (Å²) in [5.41, 5.74) is 7.78. The Morgan fingerprint density at radius 3 is 3.00 bits per heavy atom. The van der Waals surface area contributed by atoms with Crippen molar-refractivity contribution < 1.29 is 4.74 Å². The van der Waals surface area contributed by atoms with Crippen LogP contribution in [0.1, 0.15) is 12.8 Å². The molecule has 2 N–H and O–H groups in total. The number of imidazole rings is 1. The Morgan fingerprint density at radius 2 is 2.24 bits per heavy atom. The van der Waals surface area contributed by atoms with Crippen LogP contribution in [0.5, 0.6) is 0 Å². The Hall–Kier alpha value is -1.26. The van der Waals surface area contributed by atoms with E-state index in [9.17, 15) is 0 Å². The predicted octanol–water partition coefficient (Wildman–Crippen LogP) is 2.70. The lowest BCUT2D eigenvalue weighted by molar-refractivity contribution is 0.191. The summed E-state index contributed by atoms with van der Waals surface area (Å²) in [5.74, 6) is 0.541. The van der Waals surface area contributed by atoms with Gasteiger partial charge in [-0.3, -0.25) is 0 Å². The second-order valence-corrected chi connectivity index (χ2v) is 4.39. The number of ether oxygens (including phenoxy) is 1. The molecule has 92 valence electrons. The summed E-state index contributed by atoms with van der Waals surface area (Å²) < 4.78 is 7.02. The maximum absolute atomic E-state index is 5.98. The van der Waals surface area contributed by atoms with Crippen LogP contribution < -0.4 is 5.73 Å². The number of hydrogen-bond donors (Lipinski definition) is 1. The number of nitrogens with zero attached hydrogens (tertiary/aromatic N) is 2. The number of aryl methyl sites for hydroxylation is 1. The standard InChI is InChI=1S/C12H16ClN3O/c1-17-7-3-2-6-16-11-8-9(13)4-5-10(11)15-12(16)14/h4-5,8H,2-3,6-7H2,1H3,(H2,14,15). The molecule has 17 heavy (non-hydrogen) atoms. The Morgan fingerprint density at radius 1 is 1.41 bits per heavy atom.